The third-order valence-electron chi connectivity index (χ3n) is 4.52. The van der Waals surface area contributed by atoms with Gasteiger partial charge < -0.3 is 9.73 Å². The molecule has 1 aliphatic heterocycles. The van der Waals surface area contributed by atoms with Gasteiger partial charge in [0.2, 0.25) is 11.8 Å². The topological polar surface area (TPSA) is 92.5 Å². The summed E-state index contributed by atoms with van der Waals surface area (Å²) in [4.78, 5) is 41.1. The molecule has 3 amide bonds. The SMILES string of the molecule is O=C(CSc1nc(-c2ccccc2)c(-c2ccccc2)o1)NCCN1C(=O)CSC1=O. The Morgan fingerprint density at radius 2 is 1.74 bits per heavy atom. The van der Waals surface area contributed by atoms with E-state index in [-0.39, 0.29) is 41.6 Å². The van der Waals surface area contributed by atoms with E-state index in [1.165, 1.54) is 11.8 Å². The van der Waals surface area contributed by atoms with Crippen LogP contribution in [0.3, 0.4) is 0 Å². The summed E-state index contributed by atoms with van der Waals surface area (Å²) >= 11 is 2.17. The van der Waals surface area contributed by atoms with Crippen molar-refractivity contribution in [3.05, 3.63) is 60.7 Å². The van der Waals surface area contributed by atoms with Crippen LogP contribution < -0.4 is 5.32 Å². The minimum Gasteiger partial charge on any atom is -0.431 e. The number of carbonyl (C=O) groups excluding carboxylic acids is 3. The van der Waals surface area contributed by atoms with Gasteiger partial charge in [0, 0.05) is 24.2 Å². The molecule has 0 bridgehead atoms. The van der Waals surface area contributed by atoms with Crippen molar-refractivity contribution >= 4 is 40.6 Å². The van der Waals surface area contributed by atoms with Crippen LogP contribution in [0.4, 0.5) is 4.79 Å². The fourth-order valence-electron chi connectivity index (χ4n) is 3.02. The molecule has 1 saturated heterocycles. The Morgan fingerprint density at radius 1 is 1.06 bits per heavy atom. The largest absolute Gasteiger partial charge is 0.431 e. The maximum atomic E-state index is 12.2. The number of rotatable bonds is 8. The first-order chi connectivity index (χ1) is 15.1. The molecular weight excluding hydrogens is 434 g/mol. The maximum absolute atomic E-state index is 12.2. The lowest BCUT2D eigenvalue weighted by Crippen LogP contribution is -2.38. The van der Waals surface area contributed by atoms with Crippen LogP contribution in [0.5, 0.6) is 0 Å². The molecule has 0 atom stereocenters. The van der Waals surface area contributed by atoms with Crippen molar-refractivity contribution < 1.29 is 18.8 Å². The van der Waals surface area contributed by atoms with Crippen LogP contribution in [0.1, 0.15) is 0 Å². The highest BCUT2D eigenvalue weighted by Crippen LogP contribution is 2.35. The van der Waals surface area contributed by atoms with Crippen molar-refractivity contribution in [1.29, 1.82) is 0 Å². The molecule has 0 aliphatic carbocycles. The first-order valence-electron chi connectivity index (χ1n) is 9.60. The predicted molar refractivity (Wildman–Crippen MR) is 121 cm³/mol. The second-order valence-electron chi connectivity index (χ2n) is 6.63. The molecule has 0 unspecified atom stereocenters. The van der Waals surface area contributed by atoms with Gasteiger partial charge in [0.1, 0.15) is 5.69 Å². The van der Waals surface area contributed by atoms with E-state index in [2.05, 4.69) is 10.3 Å². The molecule has 3 aromatic rings. The summed E-state index contributed by atoms with van der Waals surface area (Å²) in [5, 5.41) is 2.85. The van der Waals surface area contributed by atoms with Crippen molar-refractivity contribution in [1.82, 2.24) is 15.2 Å². The molecule has 1 fully saturated rings. The highest BCUT2D eigenvalue weighted by atomic mass is 32.2. The van der Waals surface area contributed by atoms with E-state index in [1.54, 1.807) is 0 Å². The zero-order chi connectivity index (χ0) is 21.6. The predicted octanol–water partition coefficient (Wildman–Crippen LogP) is 3.91. The zero-order valence-electron chi connectivity index (χ0n) is 16.4. The molecule has 2 aromatic carbocycles. The van der Waals surface area contributed by atoms with E-state index in [1.807, 2.05) is 60.7 Å². The molecule has 0 spiro atoms. The van der Waals surface area contributed by atoms with Gasteiger partial charge in [-0.05, 0) is 0 Å². The Kier molecular flexibility index (Phi) is 6.73. The van der Waals surface area contributed by atoms with Crippen molar-refractivity contribution in [3.63, 3.8) is 0 Å². The molecule has 1 aromatic heterocycles. The summed E-state index contributed by atoms with van der Waals surface area (Å²) in [7, 11) is 0. The summed E-state index contributed by atoms with van der Waals surface area (Å²) in [5.41, 5.74) is 2.56. The second-order valence-corrected chi connectivity index (χ2v) is 8.48. The number of hydrogen-bond acceptors (Lipinski definition) is 7. The van der Waals surface area contributed by atoms with Crippen LogP contribution in [-0.2, 0) is 9.59 Å². The Hall–Kier alpha value is -3.04. The molecule has 9 heteroatoms. The number of nitrogens with one attached hydrogen (secondary N) is 1. The monoisotopic (exact) mass is 453 g/mol. The fourth-order valence-corrected chi connectivity index (χ4v) is 4.43. The Morgan fingerprint density at radius 3 is 2.39 bits per heavy atom. The molecular formula is C22H19N3O4S2. The van der Waals surface area contributed by atoms with Crippen molar-refractivity contribution in [3.8, 4) is 22.6 Å². The summed E-state index contributed by atoms with van der Waals surface area (Å²) < 4.78 is 5.99. The van der Waals surface area contributed by atoms with E-state index < -0.39 is 0 Å². The summed E-state index contributed by atoms with van der Waals surface area (Å²) in [6, 6.07) is 19.4. The first-order valence-corrected chi connectivity index (χ1v) is 11.6. The number of thioether (sulfide) groups is 2. The third kappa shape index (κ3) is 5.18. The Bertz CT molecular complexity index is 1010. The lowest BCUT2D eigenvalue weighted by Gasteiger charge is -2.12. The number of aromatic nitrogens is 1. The molecule has 0 saturated carbocycles. The molecule has 0 radical (unpaired) electrons. The molecule has 2 heterocycles. The fraction of sp³-hybridized carbons (Fsp3) is 0.182. The lowest BCUT2D eigenvalue weighted by molar-refractivity contribution is -0.125. The van der Waals surface area contributed by atoms with Gasteiger partial charge in [-0.25, -0.2) is 4.98 Å². The summed E-state index contributed by atoms with van der Waals surface area (Å²) in [6.45, 7) is 0.393. The second kappa shape index (κ2) is 9.84. The Balaban J connectivity index is 1.39. The van der Waals surface area contributed by atoms with Gasteiger partial charge in [0.15, 0.2) is 5.76 Å². The first kappa shape index (κ1) is 21.2. The van der Waals surface area contributed by atoms with Gasteiger partial charge >= 0.3 is 0 Å². The molecule has 1 N–H and O–H groups in total. The molecule has 4 rings (SSSR count). The quantitative estimate of drug-likeness (QED) is 0.517. The van der Waals surface area contributed by atoms with E-state index in [0.29, 0.717) is 11.0 Å². The van der Waals surface area contributed by atoms with Crippen molar-refractivity contribution in [2.24, 2.45) is 0 Å². The summed E-state index contributed by atoms with van der Waals surface area (Å²) in [6.07, 6.45) is 0. The van der Waals surface area contributed by atoms with Gasteiger partial charge in [0.25, 0.3) is 10.5 Å². The Labute approximate surface area is 187 Å². The van der Waals surface area contributed by atoms with Crippen LogP contribution in [0, 0.1) is 0 Å². The van der Waals surface area contributed by atoms with Crippen LogP contribution in [0.25, 0.3) is 22.6 Å². The zero-order valence-corrected chi connectivity index (χ0v) is 18.1. The molecule has 31 heavy (non-hydrogen) atoms. The molecule has 1 aliphatic rings. The number of imide groups is 1. The smallest absolute Gasteiger partial charge is 0.288 e. The van der Waals surface area contributed by atoms with Crippen molar-refractivity contribution in [2.45, 2.75) is 5.22 Å². The third-order valence-corrected chi connectivity index (χ3v) is 6.20. The highest BCUT2D eigenvalue weighted by molar-refractivity contribution is 8.14. The lowest BCUT2D eigenvalue weighted by atomic mass is 10.1. The van der Waals surface area contributed by atoms with E-state index in [0.717, 1.165) is 33.5 Å². The average molecular weight is 454 g/mol. The number of amides is 3. The van der Waals surface area contributed by atoms with Gasteiger partial charge in [-0.2, -0.15) is 0 Å². The number of oxazole rings is 1. The minimum atomic E-state index is -0.268. The van der Waals surface area contributed by atoms with Crippen LogP contribution >= 0.6 is 23.5 Å². The van der Waals surface area contributed by atoms with Crippen molar-refractivity contribution in [2.75, 3.05) is 24.6 Å². The van der Waals surface area contributed by atoms with Crippen LogP contribution in [0.15, 0.2) is 70.3 Å². The van der Waals surface area contributed by atoms with Gasteiger partial charge in [-0.1, -0.05) is 84.2 Å². The average Bonchev–Trinajstić information content (AvgIpc) is 3.37. The normalized spacial score (nSPS) is 13.6. The molecule has 7 nitrogen and oxygen atoms in total. The van der Waals surface area contributed by atoms with Gasteiger partial charge in [0.05, 0.1) is 11.5 Å². The minimum absolute atomic E-state index is 0.111. The van der Waals surface area contributed by atoms with E-state index >= 15 is 0 Å². The number of benzene rings is 2. The number of nitrogens with zero attached hydrogens (tertiary/aromatic N) is 2. The standard InChI is InChI=1S/C22H19N3O4S2/c26-17(23-11-12-25-18(27)14-31-22(25)28)13-30-21-24-19(15-7-3-1-4-8-15)20(29-21)16-9-5-2-6-10-16/h1-10H,11-14H2,(H,23,26). The number of carbonyl (C=O) groups is 3. The van der Waals surface area contributed by atoms with Crippen LogP contribution in [-0.4, -0.2) is 51.5 Å². The van der Waals surface area contributed by atoms with Crippen LogP contribution in [0.2, 0.25) is 0 Å². The van der Waals surface area contributed by atoms with Gasteiger partial charge in [-0.15, -0.1) is 0 Å². The molecule has 158 valence electrons. The highest BCUT2D eigenvalue weighted by Gasteiger charge is 2.29. The van der Waals surface area contributed by atoms with E-state index in [9.17, 15) is 14.4 Å². The maximum Gasteiger partial charge on any atom is 0.288 e. The summed E-state index contributed by atoms with van der Waals surface area (Å²) in [5.74, 6) is 0.482. The number of hydrogen-bond donors (Lipinski definition) is 1. The van der Waals surface area contributed by atoms with Gasteiger partial charge in [-0.3, -0.25) is 19.3 Å². The van der Waals surface area contributed by atoms with E-state index in [4.69, 9.17) is 4.42 Å².